The number of hydrogen-bond donors (Lipinski definition) is 1. The van der Waals surface area contributed by atoms with Gasteiger partial charge in [0.25, 0.3) is 5.91 Å². The van der Waals surface area contributed by atoms with Crippen LogP contribution in [0.25, 0.3) is 11.3 Å². The molecule has 0 spiro atoms. The maximum Gasteiger partial charge on any atom is 0.325 e. The second kappa shape index (κ2) is 7.20. The maximum atomic E-state index is 13.1. The maximum absolute atomic E-state index is 13.1. The van der Waals surface area contributed by atoms with Gasteiger partial charge in [-0.05, 0) is 24.0 Å². The van der Waals surface area contributed by atoms with E-state index in [4.69, 9.17) is 4.42 Å². The summed E-state index contributed by atoms with van der Waals surface area (Å²) in [5.41, 5.74) is 1.71. The molecular formula is C23H23N3O3. The van der Waals surface area contributed by atoms with Gasteiger partial charge in [-0.15, -0.1) is 0 Å². The minimum atomic E-state index is -1.11. The Morgan fingerprint density at radius 2 is 1.76 bits per heavy atom. The van der Waals surface area contributed by atoms with E-state index in [1.54, 1.807) is 13.1 Å². The molecule has 1 fully saturated rings. The molecule has 1 aliphatic rings. The Labute approximate surface area is 169 Å². The number of carbonyl (C=O) groups is 2. The van der Waals surface area contributed by atoms with Crippen molar-refractivity contribution in [3.63, 3.8) is 0 Å². The molecule has 29 heavy (non-hydrogen) atoms. The highest BCUT2D eigenvalue weighted by Gasteiger charge is 2.49. The summed E-state index contributed by atoms with van der Waals surface area (Å²) < 4.78 is 5.76. The molecule has 148 valence electrons. The number of oxazole rings is 1. The number of nitrogens with one attached hydrogen (secondary N) is 1. The van der Waals surface area contributed by atoms with Gasteiger partial charge in [-0.2, -0.15) is 0 Å². The van der Waals surface area contributed by atoms with E-state index in [-0.39, 0.29) is 12.5 Å². The third-order valence-corrected chi connectivity index (χ3v) is 5.33. The molecule has 3 aromatic rings. The lowest BCUT2D eigenvalue weighted by Crippen LogP contribution is -2.40. The zero-order valence-electron chi connectivity index (χ0n) is 16.7. The van der Waals surface area contributed by atoms with E-state index in [2.05, 4.69) is 24.1 Å². The van der Waals surface area contributed by atoms with Crippen LogP contribution in [0.5, 0.6) is 0 Å². The van der Waals surface area contributed by atoms with Gasteiger partial charge in [0.05, 0.1) is 6.20 Å². The summed E-state index contributed by atoms with van der Waals surface area (Å²) in [6, 6.07) is 16.9. The average molecular weight is 389 g/mol. The Hall–Kier alpha value is -3.41. The van der Waals surface area contributed by atoms with Crippen LogP contribution in [-0.4, -0.2) is 21.8 Å². The minimum absolute atomic E-state index is 0.0167. The second-order valence-corrected chi connectivity index (χ2v) is 7.71. The van der Waals surface area contributed by atoms with Crippen LogP contribution in [0.15, 0.2) is 65.2 Å². The predicted octanol–water partition coefficient (Wildman–Crippen LogP) is 4.43. The molecule has 1 atom stereocenters. The van der Waals surface area contributed by atoms with Crippen LogP contribution in [0.3, 0.4) is 0 Å². The zero-order chi connectivity index (χ0) is 20.6. The molecule has 1 N–H and O–H groups in total. The normalized spacial score (nSPS) is 19.1. The van der Waals surface area contributed by atoms with Crippen molar-refractivity contribution in [3.05, 3.63) is 77.8 Å². The van der Waals surface area contributed by atoms with E-state index in [0.29, 0.717) is 17.6 Å². The van der Waals surface area contributed by atoms with Crippen molar-refractivity contribution < 1.29 is 14.0 Å². The van der Waals surface area contributed by atoms with Crippen LogP contribution in [0, 0.1) is 0 Å². The Bertz CT molecular complexity index is 1040. The first kappa shape index (κ1) is 18.9. The molecular weight excluding hydrogens is 366 g/mol. The van der Waals surface area contributed by atoms with Crippen LogP contribution >= 0.6 is 0 Å². The summed E-state index contributed by atoms with van der Waals surface area (Å²) >= 11 is 0. The number of aromatic nitrogens is 1. The Morgan fingerprint density at radius 3 is 2.41 bits per heavy atom. The van der Waals surface area contributed by atoms with Crippen molar-refractivity contribution in [2.24, 2.45) is 0 Å². The van der Waals surface area contributed by atoms with Gasteiger partial charge in [-0.3, -0.25) is 9.69 Å². The van der Waals surface area contributed by atoms with Crippen molar-refractivity contribution in [1.29, 1.82) is 0 Å². The van der Waals surface area contributed by atoms with E-state index >= 15 is 0 Å². The number of imide groups is 1. The van der Waals surface area contributed by atoms with Crippen LogP contribution in [-0.2, 0) is 16.9 Å². The lowest BCUT2D eigenvalue weighted by molar-refractivity contribution is -0.131. The molecule has 0 unspecified atom stereocenters. The molecule has 2 aromatic carbocycles. The summed E-state index contributed by atoms with van der Waals surface area (Å²) in [7, 11) is 0. The summed E-state index contributed by atoms with van der Waals surface area (Å²) in [6.45, 7) is 5.93. The third-order valence-electron chi connectivity index (χ3n) is 5.33. The number of hydrogen-bond acceptors (Lipinski definition) is 4. The fourth-order valence-corrected chi connectivity index (χ4v) is 3.49. The number of nitrogens with zero attached hydrogens (tertiary/aromatic N) is 2. The van der Waals surface area contributed by atoms with Gasteiger partial charge in [-0.25, -0.2) is 9.78 Å². The largest absolute Gasteiger partial charge is 0.439 e. The molecule has 0 saturated carbocycles. The zero-order valence-corrected chi connectivity index (χ0v) is 16.7. The molecule has 2 heterocycles. The van der Waals surface area contributed by atoms with Crippen molar-refractivity contribution in [3.8, 4) is 11.3 Å². The van der Waals surface area contributed by atoms with E-state index in [1.807, 2.05) is 54.6 Å². The lowest BCUT2D eigenvalue weighted by Gasteiger charge is -2.22. The molecule has 4 rings (SSSR count). The van der Waals surface area contributed by atoms with Crippen molar-refractivity contribution >= 4 is 11.9 Å². The topological polar surface area (TPSA) is 75.4 Å². The first-order valence-corrected chi connectivity index (χ1v) is 9.63. The highest BCUT2D eigenvalue weighted by Crippen LogP contribution is 2.31. The first-order valence-electron chi connectivity index (χ1n) is 9.63. The van der Waals surface area contributed by atoms with Crippen LogP contribution in [0.2, 0.25) is 0 Å². The van der Waals surface area contributed by atoms with Gasteiger partial charge in [0.15, 0.2) is 5.76 Å². The molecule has 6 heteroatoms. The van der Waals surface area contributed by atoms with E-state index in [0.717, 1.165) is 16.0 Å². The van der Waals surface area contributed by atoms with Crippen molar-refractivity contribution in [2.75, 3.05) is 0 Å². The summed E-state index contributed by atoms with van der Waals surface area (Å²) in [5.74, 6) is 0.983. The van der Waals surface area contributed by atoms with Crippen LogP contribution in [0.4, 0.5) is 4.79 Å². The molecule has 0 bridgehead atoms. The Kier molecular flexibility index (Phi) is 4.70. The van der Waals surface area contributed by atoms with Gasteiger partial charge in [0, 0.05) is 5.56 Å². The summed E-state index contributed by atoms with van der Waals surface area (Å²) in [4.78, 5) is 31.1. The van der Waals surface area contributed by atoms with Gasteiger partial charge in [-0.1, -0.05) is 68.4 Å². The standard InChI is InChI=1S/C23H23N3O3/c1-15(2)16-9-11-18(12-10-16)23(3)21(27)26(22(28)25-23)14-20-24-13-19(29-20)17-7-5-4-6-8-17/h4-13,15H,14H2,1-3H3,(H,25,28)/t23-/m0/s1. The fourth-order valence-electron chi connectivity index (χ4n) is 3.49. The first-order chi connectivity index (χ1) is 13.9. The molecule has 0 radical (unpaired) electrons. The Balaban J connectivity index is 1.55. The molecule has 0 aliphatic carbocycles. The molecule has 3 amide bonds. The lowest BCUT2D eigenvalue weighted by atomic mass is 9.90. The third kappa shape index (κ3) is 3.42. The molecule has 1 saturated heterocycles. The van der Waals surface area contributed by atoms with Gasteiger partial charge < -0.3 is 9.73 Å². The number of rotatable bonds is 5. The average Bonchev–Trinajstić information content (AvgIpc) is 3.28. The minimum Gasteiger partial charge on any atom is -0.439 e. The number of carbonyl (C=O) groups excluding carboxylic acids is 2. The van der Waals surface area contributed by atoms with Crippen LogP contribution < -0.4 is 5.32 Å². The molecule has 1 aliphatic heterocycles. The number of amides is 3. The summed E-state index contributed by atoms with van der Waals surface area (Å²) in [5, 5.41) is 2.82. The SMILES string of the molecule is CC(C)c1ccc([C@]2(C)NC(=O)N(Cc3ncc(-c4ccccc4)o3)C2=O)cc1. The van der Waals surface area contributed by atoms with E-state index < -0.39 is 11.6 Å². The van der Waals surface area contributed by atoms with Crippen LogP contribution in [0.1, 0.15) is 43.7 Å². The Morgan fingerprint density at radius 1 is 1.07 bits per heavy atom. The van der Waals surface area contributed by atoms with E-state index in [9.17, 15) is 9.59 Å². The van der Waals surface area contributed by atoms with Crippen molar-refractivity contribution in [1.82, 2.24) is 15.2 Å². The highest BCUT2D eigenvalue weighted by atomic mass is 16.4. The van der Waals surface area contributed by atoms with E-state index in [1.165, 1.54) is 5.56 Å². The molecule has 1 aromatic heterocycles. The summed E-state index contributed by atoms with van der Waals surface area (Å²) in [6.07, 6.45) is 1.60. The van der Waals surface area contributed by atoms with Gasteiger partial charge >= 0.3 is 6.03 Å². The number of benzene rings is 2. The van der Waals surface area contributed by atoms with Gasteiger partial charge in [0.2, 0.25) is 5.89 Å². The van der Waals surface area contributed by atoms with Crippen molar-refractivity contribution in [2.45, 2.75) is 38.8 Å². The monoisotopic (exact) mass is 389 g/mol. The second-order valence-electron chi connectivity index (χ2n) is 7.71. The van der Waals surface area contributed by atoms with Gasteiger partial charge in [0.1, 0.15) is 12.1 Å². The highest BCUT2D eigenvalue weighted by molar-refractivity contribution is 6.07. The predicted molar refractivity (Wildman–Crippen MR) is 109 cm³/mol. The fraction of sp³-hybridized carbons (Fsp3) is 0.261. The number of urea groups is 1. The smallest absolute Gasteiger partial charge is 0.325 e. The molecule has 6 nitrogen and oxygen atoms in total. The quantitative estimate of drug-likeness (QED) is 0.655.